The van der Waals surface area contributed by atoms with E-state index >= 15 is 0 Å². The molecule has 10 atom stereocenters. The van der Waals surface area contributed by atoms with Crippen molar-refractivity contribution in [2.75, 3.05) is 13.2 Å². The minimum absolute atomic E-state index is 0.666. The van der Waals surface area contributed by atoms with E-state index in [1.165, 1.54) is 0 Å². The Morgan fingerprint density at radius 3 is 2.17 bits per heavy atom. The molecule has 0 aromatic heterocycles. The van der Waals surface area contributed by atoms with E-state index in [1.807, 2.05) is 0 Å². The Labute approximate surface area is 170 Å². The van der Waals surface area contributed by atoms with Gasteiger partial charge in [-0.15, -0.1) is 0 Å². The first kappa shape index (κ1) is 25.2. The van der Waals surface area contributed by atoms with Gasteiger partial charge in [0.1, 0.15) is 48.8 Å². The molecule has 0 saturated carbocycles. The zero-order valence-electron chi connectivity index (χ0n) is 15.6. The molecule has 30 heavy (non-hydrogen) atoms. The maximum absolute atomic E-state index is 11.3. The number of hydrogen-bond donors (Lipinski definition) is 8. The van der Waals surface area contributed by atoms with Gasteiger partial charge in [0, 0.05) is 6.92 Å². The van der Waals surface area contributed by atoms with E-state index in [4.69, 9.17) is 18.8 Å². The minimum atomic E-state index is -4.94. The van der Waals surface area contributed by atoms with Crippen molar-refractivity contribution in [1.29, 1.82) is 0 Å². The predicted octanol–water partition coefficient (Wildman–Crippen LogP) is -5.43. The van der Waals surface area contributed by atoms with E-state index in [-0.39, 0.29) is 0 Å². The molecule has 176 valence electrons. The number of carbonyl (C=O) groups excluding carboxylic acids is 1. The summed E-state index contributed by atoms with van der Waals surface area (Å²) in [7, 11) is -4.94. The van der Waals surface area contributed by atoms with Gasteiger partial charge in [-0.1, -0.05) is 0 Å². The fourth-order valence-electron chi connectivity index (χ4n) is 3.12. The predicted molar refractivity (Wildman–Crippen MR) is 90.6 cm³/mol. The molecule has 0 bridgehead atoms. The number of amides is 1. The molecule has 1 amide bonds. The van der Waals surface area contributed by atoms with Gasteiger partial charge in [0.05, 0.1) is 13.2 Å². The van der Waals surface area contributed by atoms with Gasteiger partial charge in [-0.3, -0.25) is 9.35 Å². The SMILES string of the molecule is CC(=O)N[C@@H]1[C@@H](O)[C@H](O[C@@H]2O[C@H](CO)[C@H](O)[C@H](O)[C@H]2O)[C@@H](COS(=O)(=O)O)O[C@H]1O. The number of nitrogens with one attached hydrogen (secondary N) is 1. The Kier molecular flexibility index (Phi) is 8.47. The first-order valence-corrected chi connectivity index (χ1v) is 10.1. The number of rotatable bonds is 7. The van der Waals surface area contributed by atoms with Crippen molar-refractivity contribution in [1.82, 2.24) is 5.32 Å². The van der Waals surface area contributed by atoms with Crippen LogP contribution in [0.5, 0.6) is 0 Å². The van der Waals surface area contributed by atoms with Crippen molar-refractivity contribution in [3.05, 3.63) is 0 Å². The summed E-state index contributed by atoms with van der Waals surface area (Å²) in [4.78, 5) is 11.3. The second-order valence-electron chi connectivity index (χ2n) is 6.79. The van der Waals surface area contributed by atoms with E-state index in [1.54, 1.807) is 0 Å². The van der Waals surface area contributed by atoms with Crippen molar-refractivity contribution in [3.8, 4) is 0 Å². The van der Waals surface area contributed by atoms with Crippen LogP contribution in [0.25, 0.3) is 0 Å². The van der Waals surface area contributed by atoms with Crippen LogP contribution in [0, 0.1) is 0 Å². The number of carbonyl (C=O) groups is 1. The van der Waals surface area contributed by atoms with Crippen LogP contribution in [0.15, 0.2) is 0 Å². The summed E-state index contributed by atoms with van der Waals surface area (Å²) >= 11 is 0. The number of ether oxygens (including phenoxy) is 3. The molecule has 0 aromatic carbocycles. The average molecular weight is 463 g/mol. The summed E-state index contributed by atoms with van der Waals surface area (Å²) < 4.78 is 50.3. The topological polar surface area (TPSA) is 242 Å². The van der Waals surface area contributed by atoms with Crippen LogP contribution in [-0.4, -0.2) is 124 Å². The van der Waals surface area contributed by atoms with E-state index in [2.05, 4.69) is 9.50 Å². The molecule has 2 rings (SSSR count). The van der Waals surface area contributed by atoms with Crippen LogP contribution in [-0.2, 0) is 33.6 Å². The molecule has 2 heterocycles. The Morgan fingerprint density at radius 1 is 1.00 bits per heavy atom. The third-order valence-electron chi connectivity index (χ3n) is 4.58. The molecule has 2 saturated heterocycles. The first-order valence-electron chi connectivity index (χ1n) is 8.72. The molecule has 15 nitrogen and oxygen atoms in total. The molecule has 0 spiro atoms. The second-order valence-corrected chi connectivity index (χ2v) is 7.88. The molecule has 0 aromatic rings. The molecule has 16 heteroatoms. The van der Waals surface area contributed by atoms with Crippen LogP contribution in [0.3, 0.4) is 0 Å². The maximum atomic E-state index is 11.3. The van der Waals surface area contributed by atoms with Gasteiger partial charge in [-0.05, 0) is 0 Å². The van der Waals surface area contributed by atoms with Gasteiger partial charge in [-0.2, -0.15) is 8.42 Å². The Balaban J connectivity index is 2.25. The van der Waals surface area contributed by atoms with Crippen molar-refractivity contribution < 1.29 is 66.8 Å². The van der Waals surface area contributed by atoms with Crippen molar-refractivity contribution in [2.24, 2.45) is 0 Å². The number of hydrogen-bond acceptors (Lipinski definition) is 13. The van der Waals surface area contributed by atoms with E-state index < -0.39 is 90.9 Å². The summed E-state index contributed by atoms with van der Waals surface area (Å²) in [5, 5.41) is 61.8. The normalized spacial score (nSPS) is 42.7. The summed E-state index contributed by atoms with van der Waals surface area (Å²) in [6.45, 7) is -0.640. The van der Waals surface area contributed by atoms with Crippen molar-refractivity contribution in [2.45, 2.75) is 68.3 Å². The standard InChI is InChI=1S/C14H25NO14S/c1-4(17)15-7-9(19)12(6(27-13(7)22)3-26-30(23,24)25)29-14-11(21)10(20)8(18)5(2-16)28-14/h5-14,16,18-22H,2-3H2,1H3,(H,15,17)(H,23,24,25)/t5-,6-,7-,8+,9-,10+,11-,12-,13-,14+/m1/s1. The number of aliphatic hydroxyl groups is 6. The van der Waals surface area contributed by atoms with Crippen LogP contribution in [0.2, 0.25) is 0 Å². The van der Waals surface area contributed by atoms with Gasteiger partial charge in [0.25, 0.3) is 0 Å². The lowest BCUT2D eigenvalue weighted by Gasteiger charge is -2.46. The average Bonchev–Trinajstić information content (AvgIpc) is 2.65. The number of aliphatic hydroxyl groups excluding tert-OH is 6. The highest BCUT2D eigenvalue weighted by molar-refractivity contribution is 7.80. The summed E-state index contributed by atoms with van der Waals surface area (Å²) in [6.07, 6.45) is -15.3. The van der Waals surface area contributed by atoms with Gasteiger partial charge < -0.3 is 50.2 Å². The third kappa shape index (κ3) is 6.02. The highest BCUT2D eigenvalue weighted by atomic mass is 32.3. The lowest BCUT2D eigenvalue weighted by molar-refractivity contribution is -0.344. The summed E-state index contributed by atoms with van der Waals surface area (Å²) in [5.74, 6) is -0.666. The molecule has 8 N–H and O–H groups in total. The minimum Gasteiger partial charge on any atom is -0.394 e. The first-order chi connectivity index (χ1) is 13.9. The highest BCUT2D eigenvalue weighted by Gasteiger charge is 2.51. The molecule has 0 aliphatic carbocycles. The fourth-order valence-corrected chi connectivity index (χ4v) is 3.42. The van der Waals surface area contributed by atoms with Crippen molar-refractivity contribution >= 4 is 16.3 Å². The summed E-state index contributed by atoms with van der Waals surface area (Å²) in [6, 6.07) is -1.46. The van der Waals surface area contributed by atoms with Crippen LogP contribution >= 0.6 is 0 Å². The fraction of sp³-hybridized carbons (Fsp3) is 0.929. The largest absolute Gasteiger partial charge is 0.397 e. The van der Waals surface area contributed by atoms with Crippen LogP contribution < -0.4 is 5.32 Å². The van der Waals surface area contributed by atoms with Gasteiger partial charge in [-0.25, -0.2) is 4.18 Å². The Hall–Kier alpha value is -1.02. The molecule has 0 radical (unpaired) electrons. The second kappa shape index (κ2) is 10.1. The lowest BCUT2D eigenvalue weighted by Crippen LogP contribution is -2.67. The Morgan fingerprint density at radius 2 is 1.63 bits per heavy atom. The quantitative estimate of drug-likeness (QED) is 0.164. The van der Waals surface area contributed by atoms with E-state index in [0.717, 1.165) is 6.92 Å². The van der Waals surface area contributed by atoms with Crippen molar-refractivity contribution in [3.63, 3.8) is 0 Å². The zero-order valence-corrected chi connectivity index (χ0v) is 16.4. The maximum Gasteiger partial charge on any atom is 0.397 e. The Bertz CT molecular complexity index is 688. The monoisotopic (exact) mass is 463 g/mol. The van der Waals surface area contributed by atoms with Gasteiger partial charge in [0.15, 0.2) is 12.6 Å². The summed E-state index contributed by atoms with van der Waals surface area (Å²) in [5.41, 5.74) is 0. The zero-order chi connectivity index (χ0) is 22.8. The molecular weight excluding hydrogens is 438 g/mol. The molecule has 0 unspecified atom stereocenters. The molecular formula is C14H25NO14S. The van der Waals surface area contributed by atoms with E-state index in [0.29, 0.717) is 0 Å². The van der Waals surface area contributed by atoms with Gasteiger partial charge in [0.2, 0.25) is 5.91 Å². The molecule has 2 aliphatic rings. The smallest absolute Gasteiger partial charge is 0.394 e. The lowest BCUT2D eigenvalue weighted by atomic mass is 9.95. The highest BCUT2D eigenvalue weighted by Crippen LogP contribution is 2.29. The third-order valence-corrected chi connectivity index (χ3v) is 5.02. The molecule has 2 aliphatic heterocycles. The van der Waals surface area contributed by atoms with Crippen LogP contribution in [0.4, 0.5) is 0 Å². The van der Waals surface area contributed by atoms with Gasteiger partial charge >= 0.3 is 10.4 Å². The van der Waals surface area contributed by atoms with Crippen LogP contribution in [0.1, 0.15) is 6.92 Å². The molecule has 2 fully saturated rings. The van der Waals surface area contributed by atoms with E-state index in [9.17, 15) is 43.9 Å².